The fraction of sp³-hybridized carbons (Fsp3) is 0.400. The van der Waals surface area contributed by atoms with Crippen LogP contribution in [0.3, 0.4) is 0 Å². The predicted molar refractivity (Wildman–Crippen MR) is 95.8 cm³/mol. The average Bonchev–Trinajstić information content (AvgIpc) is 2.90. The fourth-order valence-electron chi connectivity index (χ4n) is 3.62. The van der Waals surface area contributed by atoms with E-state index in [1.807, 2.05) is 12.1 Å². The molecule has 1 aliphatic rings. The molecule has 2 N–H and O–H groups in total. The molecular formula is C20H24N2O3. The average molecular weight is 340 g/mol. The smallest absolute Gasteiger partial charge is 0.340 e. The van der Waals surface area contributed by atoms with E-state index < -0.39 is 5.97 Å². The Morgan fingerprint density at radius 1 is 1.28 bits per heavy atom. The summed E-state index contributed by atoms with van der Waals surface area (Å²) in [5, 5.41) is 3.12. The third kappa shape index (κ3) is 3.31. The fourth-order valence-corrected chi connectivity index (χ4v) is 3.62. The Bertz CT molecular complexity index is 807. The zero-order valence-corrected chi connectivity index (χ0v) is 14.9. The molecule has 1 aliphatic carbocycles. The minimum Gasteiger partial charge on any atom is -0.462 e. The van der Waals surface area contributed by atoms with Crippen LogP contribution in [-0.4, -0.2) is 23.5 Å². The van der Waals surface area contributed by atoms with Crippen molar-refractivity contribution < 1.29 is 14.3 Å². The van der Waals surface area contributed by atoms with E-state index in [0.29, 0.717) is 29.1 Å². The van der Waals surface area contributed by atoms with Crippen LogP contribution in [0.25, 0.3) is 0 Å². The summed E-state index contributed by atoms with van der Waals surface area (Å²) >= 11 is 0. The molecule has 5 heteroatoms. The van der Waals surface area contributed by atoms with E-state index in [2.05, 4.69) is 22.4 Å². The van der Waals surface area contributed by atoms with E-state index in [9.17, 15) is 9.59 Å². The predicted octanol–water partition coefficient (Wildman–Crippen LogP) is 3.62. The number of ether oxygens (including phenoxy) is 1. The monoisotopic (exact) mass is 340 g/mol. The third-order valence-corrected chi connectivity index (χ3v) is 4.82. The standard InChI is InChI=1S/C20H24N2O3/c1-4-25-20(24)17-12(2)18(21-13(17)3)19(23)22-16-11-7-9-14-8-5-6-10-15(14)16/h5-6,8,10,16,21H,4,7,9,11H2,1-3H3,(H,22,23)/t16-/m0/s1. The molecule has 0 spiro atoms. The normalized spacial score (nSPS) is 16.2. The van der Waals surface area contributed by atoms with Crippen molar-refractivity contribution in [1.82, 2.24) is 10.3 Å². The highest BCUT2D eigenvalue weighted by Gasteiger charge is 2.26. The number of esters is 1. The Hall–Kier alpha value is -2.56. The summed E-state index contributed by atoms with van der Waals surface area (Å²) in [6.07, 6.45) is 3.03. The van der Waals surface area contributed by atoms with E-state index in [0.717, 1.165) is 19.3 Å². The molecule has 132 valence electrons. The number of rotatable bonds is 4. The maximum Gasteiger partial charge on any atom is 0.340 e. The highest BCUT2D eigenvalue weighted by molar-refractivity contribution is 6.00. The molecule has 1 aromatic heterocycles. The van der Waals surface area contributed by atoms with Gasteiger partial charge in [0.1, 0.15) is 5.69 Å². The number of hydrogen-bond acceptors (Lipinski definition) is 3. The van der Waals surface area contributed by atoms with Gasteiger partial charge in [0, 0.05) is 5.69 Å². The Morgan fingerprint density at radius 3 is 2.80 bits per heavy atom. The highest BCUT2D eigenvalue weighted by atomic mass is 16.5. The molecule has 0 unspecified atom stereocenters. The Morgan fingerprint density at radius 2 is 2.04 bits per heavy atom. The number of benzene rings is 1. The van der Waals surface area contributed by atoms with Gasteiger partial charge in [0.05, 0.1) is 18.2 Å². The summed E-state index contributed by atoms with van der Waals surface area (Å²) in [7, 11) is 0. The summed E-state index contributed by atoms with van der Waals surface area (Å²) in [4.78, 5) is 27.9. The van der Waals surface area contributed by atoms with Crippen LogP contribution in [0.4, 0.5) is 0 Å². The SMILES string of the molecule is CCOC(=O)c1c(C)[nH]c(C(=O)N[C@H]2CCCc3ccccc32)c1C. The lowest BCUT2D eigenvalue weighted by Crippen LogP contribution is -2.31. The first-order valence-corrected chi connectivity index (χ1v) is 8.77. The number of carbonyl (C=O) groups is 2. The van der Waals surface area contributed by atoms with Gasteiger partial charge in [-0.3, -0.25) is 4.79 Å². The van der Waals surface area contributed by atoms with Gasteiger partial charge in [-0.15, -0.1) is 0 Å². The van der Waals surface area contributed by atoms with E-state index in [1.54, 1.807) is 20.8 Å². The lowest BCUT2D eigenvalue weighted by molar-refractivity contribution is 0.0525. The van der Waals surface area contributed by atoms with Crippen molar-refractivity contribution in [3.63, 3.8) is 0 Å². The van der Waals surface area contributed by atoms with Gasteiger partial charge in [0.15, 0.2) is 0 Å². The second-order valence-electron chi connectivity index (χ2n) is 6.46. The van der Waals surface area contributed by atoms with Crippen LogP contribution in [0.5, 0.6) is 0 Å². The number of aromatic nitrogens is 1. The van der Waals surface area contributed by atoms with Crippen LogP contribution in [0.1, 0.15) is 69.0 Å². The van der Waals surface area contributed by atoms with Crippen LogP contribution in [0.2, 0.25) is 0 Å². The van der Waals surface area contributed by atoms with E-state index in [-0.39, 0.29) is 11.9 Å². The molecule has 0 aliphatic heterocycles. The van der Waals surface area contributed by atoms with Gasteiger partial charge in [-0.2, -0.15) is 0 Å². The second kappa shape index (κ2) is 7.13. The number of fused-ring (bicyclic) bond motifs is 1. The first kappa shape index (κ1) is 17.3. The molecule has 2 aromatic rings. The minimum absolute atomic E-state index is 0.00602. The maximum atomic E-state index is 12.8. The van der Waals surface area contributed by atoms with Gasteiger partial charge in [-0.25, -0.2) is 4.79 Å². The summed E-state index contributed by atoms with van der Waals surface area (Å²) in [6.45, 7) is 5.64. The molecule has 3 rings (SSSR count). The largest absolute Gasteiger partial charge is 0.462 e. The maximum absolute atomic E-state index is 12.8. The number of aromatic amines is 1. The van der Waals surface area contributed by atoms with E-state index in [1.165, 1.54) is 11.1 Å². The van der Waals surface area contributed by atoms with Crippen molar-refractivity contribution in [2.75, 3.05) is 6.61 Å². The molecule has 0 bridgehead atoms. The van der Waals surface area contributed by atoms with E-state index in [4.69, 9.17) is 4.74 Å². The van der Waals surface area contributed by atoms with Crippen LogP contribution in [0, 0.1) is 13.8 Å². The van der Waals surface area contributed by atoms with Crippen molar-refractivity contribution >= 4 is 11.9 Å². The van der Waals surface area contributed by atoms with Gasteiger partial charge >= 0.3 is 5.97 Å². The van der Waals surface area contributed by atoms with Gasteiger partial charge < -0.3 is 15.0 Å². The summed E-state index contributed by atoms with van der Waals surface area (Å²) in [5.41, 5.74) is 4.67. The molecule has 0 saturated heterocycles. The molecule has 5 nitrogen and oxygen atoms in total. The van der Waals surface area contributed by atoms with Crippen LogP contribution in [-0.2, 0) is 11.2 Å². The van der Waals surface area contributed by atoms with Crippen molar-refractivity contribution in [3.05, 3.63) is 57.9 Å². The number of hydrogen-bond donors (Lipinski definition) is 2. The number of carbonyl (C=O) groups excluding carboxylic acids is 2. The van der Waals surface area contributed by atoms with Gasteiger partial charge in [0.25, 0.3) is 5.91 Å². The number of aryl methyl sites for hydroxylation is 2. The quantitative estimate of drug-likeness (QED) is 0.835. The Kier molecular flexibility index (Phi) is 4.93. The summed E-state index contributed by atoms with van der Waals surface area (Å²) in [6, 6.07) is 8.25. The first-order valence-electron chi connectivity index (χ1n) is 8.77. The lowest BCUT2D eigenvalue weighted by Gasteiger charge is -2.26. The number of nitrogens with one attached hydrogen (secondary N) is 2. The summed E-state index contributed by atoms with van der Waals surface area (Å²) < 4.78 is 5.09. The zero-order valence-electron chi connectivity index (χ0n) is 14.9. The molecule has 1 atom stereocenters. The number of amides is 1. The Labute approximate surface area is 147 Å². The van der Waals surface area contributed by atoms with Crippen molar-refractivity contribution in [1.29, 1.82) is 0 Å². The molecule has 25 heavy (non-hydrogen) atoms. The third-order valence-electron chi connectivity index (χ3n) is 4.82. The molecule has 0 saturated carbocycles. The number of H-pyrrole nitrogens is 1. The van der Waals surface area contributed by atoms with Gasteiger partial charge in [-0.05, 0) is 56.7 Å². The molecule has 0 fully saturated rings. The zero-order chi connectivity index (χ0) is 18.0. The minimum atomic E-state index is -0.393. The molecule has 1 aromatic carbocycles. The highest BCUT2D eigenvalue weighted by Crippen LogP contribution is 2.30. The molecule has 0 radical (unpaired) electrons. The van der Waals surface area contributed by atoms with Gasteiger partial charge in [-0.1, -0.05) is 24.3 Å². The summed E-state index contributed by atoms with van der Waals surface area (Å²) in [5.74, 6) is -0.575. The van der Waals surface area contributed by atoms with E-state index >= 15 is 0 Å². The first-order chi connectivity index (χ1) is 12.0. The molecule has 1 heterocycles. The van der Waals surface area contributed by atoms with Gasteiger partial charge in [0.2, 0.25) is 0 Å². The van der Waals surface area contributed by atoms with Crippen LogP contribution >= 0.6 is 0 Å². The Balaban J connectivity index is 1.83. The topological polar surface area (TPSA) is 71.2 Å². The van der Waals surface area contributed by atoms with Crippen LogP contribution in [0.15, 0.2) is 24.3 Å². The van der Waals surface area contributed by atoms with Crippen LogP contribution < -0.4 is 5.32 Å². The molecular weight excluding hydrogens is 316 g/mol. The van der Waals surface area contributed by atoms with Crippen molar-refractivity contribution in [3.8, 4) is 0 Å². The second-order valence-corrected chi connectivity index (χ2v) is 6.46. The lowest BCUT2D eigenvalue weighted by atomic mass is 9.87. The van der Waals surface area contributed by atoms with Crippen molar-refractivity contribution in [2.45, 2.75) is 46.1 Å². The molecule has 1 amide bonds. The van der Waals surface area contributed by atoms with Crippen molar-refractivity contribution in [2.24, 2.45) is 0 Å².